The Kier molecular flexibility index (Phi) is 4.08. The molecule has 0 bridgehead atoms. The maximum Gasteiger partial charge on any atom is 0.461 e. The van der Waals surface area contributed by atoms with E-state index in [0.717, 1.165) is 11.3 Å². The maximum atomic E-state index is 12.8. The summed E-state index contributed by atoms with van der Waals surface area (Å²) < 4.78 is 61.9. The van der Waals surface area contributed by atoms with Gasteiger partial charge in [0.05, 0.1) is 12.1 Å². The fourth-order valence-electron chi connectivity index (χ4n) is 1.54. The van der Waals surface area contributed by atoms with Crippen molar-refractivity contribution in [2.24, 2.45) is 0 Å². The van der Waals surface area contributed by atoms with Gasteiger partial charge in [0, 0.05) is 10.9 Å². The standard InChI is InChI=1S/C13H8F5NOS/c14-12(15,13(16,17)18)10(20)6-11-19-9(7-21-11)8-4-2-1-3-5-8/h1-5,7H,6H2. The number of thiazole rings is 1. The van der Waals surface area contributed by atoms with E-state index in [1.54, 1.807) is 30.3 Å². The van der Waals surface area contributed by atoms with Crippen LogP contribution in [0.5, 0.6) is 0 Å². The van der Waals surface area contributed by atoms with Crippen LogP contribution in [-0.4, -0.2) is 22.9 Å². The highest BCUT2D eigenvalue weighted by Gasteiger charge is 2.62. The normalized spacial score (nSPS) is 12.4. The summed E-state index contributed by atoms with van der Waals surface area (Å²) in [6, 6.07) is 8.66. The molecule has 0 aliphatic rings. The third kappa shape index (κ3) is 3.26. The van der Waals surface area contributed by atoms with Crippen molar-refractivity contribution in [3.63, 3.8) is 0 Å². The number of hydrogen-bond acceptors (Lipinski definition) is 3. The molecule has 0 aliphatic heterocycles. The van der Waals surface area contributed by atoms with Gasteiger partial charge >= 0.3 is 12.1 Å². The number of alkyl halides is 5. The number of carbonyl (C=O) groups excluding carboxylic acids is 1. The molecule has 0 atom stereocenters. The summed E-state index contributed by atoms with van der Waals surface area (Å²) in [4.78, 5) is 15.0. The molecule has 0 N–H and O–H groups in total. The van der Waals surface area contributed by atoms with Gasteiger partial charge in [0.15, 0.2) is 0 Å². The fourth-order valence-corrected chi connectivity index (χ4v) is 2.34. The molecule has 0 unspecified atom stereocenters. The number of rotatable bonds is 4. The molecule has 0 saturated carbocycles. The first-order valence-electron chi connectivity index (χ1n) is 5.69. The molecule has 2 aromatic rings. The van der Waals surface area contributed by atoms with Gasteiger partial charge in [-0.05, 0) is 0 Å². The van der Waals surface area contributed by atoms with Gasteiger partial charge in [-0.25, -0.2) is 4.98 Å². The topological polar surface area (TPSA) is 30.0 Å². The second-order valence-corrected chi connectivity index (χ2v) is 5.11. The van der Waals surface area contributed by atoms with E-state index in [1.807, 2.05) is 0 Å². The first-order valence-corrected chi connectivity index (χ1v) is 6.57. The van der Waals surface area contributed by atoms with Crippen molar-refractivity contribution in [1.82, 2.24) is 4.98 Å². The largest absolute Gasteiger partial charge is 0.461 e. The first-order chi connectivity index (χ1) is 9.72. The molecule has 0 fully saturated rings. The lowest BCUT2D eigenvalue weighted by Gasteiger charge is -2.17. The third-order valence-electron chi connectivity index (χ3n) is 2.64. The van der Waals surface area contributed by atoms with Gasteiger partial charge in [-0.2, -0.15) is 22.0 Å². The summed E-state index contributed by atoms with van der Waals surface area (Å²) in [6.45, 7) is 0. The van der Waals surface area contributed by atoms with E-state index in [1.165, 1.54) is 5.38 Å². The summed E-state index contributed by atoms with van der Waals surface area (Å²) in [5, 5.41) is 1.42. The van der Waals surface area contributed by atoms with Crippen LogP contribution < -0.4 is 0 Å². The SMILES string of the molecule is O=C(Cc1nc(-c2ccccc2)cs1)C(F)(F)C(F)(F)F. The Morgan fingerprint density at radius 1 is 1.10 bits per heavy atom. The van der Waals surface area contributed by atoms with E-state index in [9.17, 15) is 26.7 Å². The predicted octanol–water partition coefficient (Wildman–Crippen LogP) is 4.12. The van der Waals surface area contributed by atoms with Crippen molar-refractivity contribution in [1.29, 1.82) is 0 Å². The Bertz CT molecular complexity index is 636. The molecule has 1 aromatic carbocycles. The minimum atomic E-state index is -5.89. The smallest absolute Gasteiger partial charge is 0.292 e. The van der Waals surface area contributed by atoms with Crippen LogP contribution >= 0.6 is 11.3 Å². The molecular weight excluding hydrogens is 313 g/mol. The number of Topliss-reactive ketones (excluding diaryl/α,β-unsaturated/α-hetero) is 1. The van der Waals surface area contributed by atoms with E-state index >= 15 is 0 Å². The quantitative estimate of drug-likeness (QED) is 0.793. The van der Waals surface area contributed by atoms with Crippen molar-refractivity contribution in [2.45, 2.75) is 18.5 Å². The van der Waals surface area contributed by atoms with Crippen molar-refractivity contribution in [3.8, 4) is 11.3 Å². The molecule has 112 valence electrons. The maximum absolute atomic E-state index is 12.8. The number of benzene rings is 1. The molecule has 2 nitrogen and oxygen atoms in total. The fraction of sp³-hybridized carbons (Fsp3) is 0.231. The highest BCUT2D eigenvalue weighted by atomic mass is 32.1. The van der Waals surface area contributed by atoms with Gasteiger partial charge in [0.1, 0.15) is 5.01 Å². The molecule has 1 aromatic heterocycles. The minimum Gasteiger partial charge on any atom is -0.292 e. The van der Waals surface area contributed by atoms with E-state index in [4.69, 9.17) is 0 Å². The van der Waals surface area contributed by atoms with Gasteiger partial charge in [-0.1, -0.05) is 30.3 Å². The van der Waals surface area contributed by atoms with Crippen LogP contribution in [0, 0.1) is 0 Å². The zero-order chi connectivity index (χ0) is 15.7. The molecule has 0 spiro atoms. The molecule has 21 heavy (non-hydrogen) atoms. The lowest BCUT2D eigenvalue weighted by molar-refractivity contribution is -0.268. The van der Waals surface area contributed by atoms with Crippen molar-refractivity contribution in [3.05, 3.63) is 40.7 Å². The zero-order valence-electron chi connectivity index (χ0n) is 10.3. The van der Waals surface area contributed by atoms with Gasteiger partial charge in [0.2, 0.25) is 5.78 Å². The molecular formula is C13H8F5NOS. The summed E-state index contributed by atoms with van der Waals surface area (Å²) in [5.41, 5.74) is 1.12. The Hall–Kier alpha value is -1.83. The summed E-state index contributed by atoms with van der Waals surface area (Å²) in [7, 11) is 0. The molecule has 1 heterocycles. The second kappa shape index (κ2) is 5.51. The van der Waals surface area contributed by atoms with Gasteiger partial charge in [-0.15, -0.1) is 11.3 Å². The predicted molar refractivity (Wildman–Crippen MR) is 67.3 cm³/mol. The van der Waals surface area contributed by atoms with Crippen LogP contribution in [0.2, 0.25) is 0 Å². The summed E-state index contributed by atoms with van der Waals surface area (Å²) in [5.74, 6) is -7.56. The van der Waals surface area contributed by atoms with Gasteiger partial charge < -0.3 is 0 Å². The van der Waals surface area contributed by atoms with Crippen LogP contribution in [0.1, 0.15) is 5.01 Å². The Balaban J connectivity index is 2.15. The van der Waals surface area contributed by atoms with Crippen LogP contribution in [0.4, 0.5) is 22.0 Å². The first kappa shape index (κ1) is 15.6. The van der Waals surface area contributed by atoms with Crippen molar-refractivity contribution >= 4 is 17.1 Å². The zero-order valence-corrected chi connectivity index (χ0v) is 11.1. The highest BCUT2D eigenvalue weighted by Crippen LogP contribution is 2.37. The molecule has 0 amide bonds. The summed E-state index contributed by atoms with van der Waals surface area (Å²) in [6.07, 6.45) is -6.94. The molecule has 8 heteroatoms. The third-order valence-corrected chi connectivity index (χ3v) is 3.49. The van der Waals surface area contributed by atoms with E-state index in [0.29, 0.717) is 11.3 Å². The highest BCUT2D eigenvalue weighted by molar-refractivity contribution is 7.10. The number of aromatic nitrogens is 1. The number of ketones is 1. The number of carbonyl (C=O) groups is 1. The molecule has 2 rings (SSSR count). The lowest BCUT2D eigenvalue weighted by atomic mass is 10.1. The Morgan fingerprint density at radius 3 is 2.29 bits per heavy atom. The van der Waals surface area contributed by atoms with E-state index < -0.39 is 24.3 Å². The van der Waals surface area contributed by atoms with Crippen LogP contribution in [0.3, 0.4) is 0 Å². The van der Waals surface area contributed by atoms with E-state index in [-0.39, 0.29) is 5.01 Å². The summed E-state index contributed by atoms with van der Waals surface area (Å²) >= 11 is 0.867. The van der Waals surface area contributed by atoms with Gasteiger partial charge in [0.25, 0.3) is 0 Å². The van der Waals surface area contributed by atoms with Crippen molar-refractivity contribution in [2.75, 3.05) is 0 Å². The van der Waals surface area contributed by atoms with Gasteiger partial charge in [-0.3, -0.25) is 4.79 Å². The lowest BCUT2D eigenvalue weighted by Crippen LogP contribution is -2.44. The Morgan fingerprint density at radius 2 is 1.71 bits per heavy atom. The Labute approximate surface area is 120 Å². The number of nitrogens with zero attached hydrogens (tertiary/aromatic N) is 1. The number of hydrogen-bond donors (Lipinski definition) is 0. The number of halogens is 5. The second-order valence-electron chi connectivity index (χ2n) is 4.16. The van der Waals surface area contributed by atoms with Crippen LogP contribution in [-0.2, 0) is 11.2 Å². The molecule has 0 saturated heterocycles. The molecule has 0 aliphatic carbocycles. The average Bonchev–Trinajstić information content (AvgIpc) is 2.87. The van der Waals surface area contributed by atoms with E-state index in [2.05, 4.69) is 4.98 Å². The monoisotopic (exact) mass is 321 g/mol. The molecule has 0 radical (unpaired) electrons. The van der Waals surface area contributed by atoms with Crippen LogP contribution in [0.15, 0.2) is 35.7 Å². The minimum absolute atomic E-state index is 0.0808. The van der Waals surface area contributed by atoms with Crippen LogP contribution in [0.25, 0.3) is 11.3 Å². The van der Waals surface area contributed by atoms with Crippen molar-refractivity contribution < 1.29 is 26.7 Å². The average molecular weight is 321 g/mol.